The molecule has 0 amide bonds. The lowest BCUT2D eigenvalue weighted by Gasteiger charge is -2.18. The van der Waals surface area contributed by atoms with Crippen LogP contribution in [0.2, 0.25) is 0 Å². The van der Waals surface area contributed by atoms with Gasteiger partial charge in [-0.1, -0.05) is 246 Å². The van der Waals surface area contributed by atoms with Crippen LogP contribution in [0.4, 0.5) is 0 Å². The summed E-state index contributed by atoms with van der Waals surface area (Å²) in [6.07, 6.45) is 46.5. The highest BCUT2D eigenvalue weighted by molar-refractivity contribution is 5.71. The molecule has 0 aliphatic rings. The Balaban J connectivity index is 4.30. The normalized spacial score (nSPS) is 12.4. The first kappa shape index (κ1) is 55.4. The Morgan fingerprint density at radius 1 is 0.351 bits per heavy atom. The molecule has 338 valence electrons. The SMILES string of the molecule is CCCCCCCCCCCCCCCCCC(=O)O[C@H](COC(=O)CCCCCCCCCCCC)COC(=O)CCCCCCCCCCCCC(C)CC. The second-order valence-electron chi connectivity index (χ2n) is 17.7. The van der Waals surface area contributed by atoms with Crippen molar-refractivity contribution >= 4 is 17.9 Å². The predicted octanol–water partition coefficient (Wildman–Crippen LogP) is 16.3. The molecule has 1 unspecified atom stereocenters. The number of carbonyl (C=O) groups excluding carboxylic acids is 3. The molecule has 6 heteroatoms. The van der Waals surface area contributed by atoms with Crippen molar-refractivity contribution in [3.8, 4) is 0 Å². The number of unbranched alkanes of at least 4 members (excludes halogenated alkanes) is 32. The number of hydrogen-bond donors (Lipinski definition) is 0. The van der Waals surface area contributed by atoms with Crippen LogP contribution in [0.5, 0.6) is 0 Å². The number of hydrogen-bond acceptors (Lipinski definition) is 6. The van der Waals surface area contributed by atoms with Crippen molar-refractivity contribution in [2.24, 2.45) is 5.92 Å². The van der Waals surface area contributed by atoms with Gasteiger partial charge in [-0.2, -0.15) is 0 Å². The van der Waals surface area contributed by atoms with Gasteiger partial charge in [-0.25, -0.2) is 0 Å². The zero-order valence-corrected chi connectivity index (χ0v) is 38.8. The average molecular weight is 807 g/mol. The van der Waals surface area contributed by atoms with Crippen molar-refractivity contribution in [1.29, 1.82) is 0 Å². The maximum atomic E-state index is 12.8. The highest BCUT2D eigenvalue weighted by atomic mass is 16.6. The van der Waals surface area contributed by atoms with E-state index in [2.05, 4.69) is 27.7 Å². The van der Waals surface area contributed by atoms with Gasteiger partial charge in [0.2, 0.25) is 0 Å². The maximum absolute atomic E-state index is 12.8. The van der Waals surface area contributed by atoms with Crippen LogP contribution in [-0.4, -0.2) is 37.2 Å². The molecule has 0 aromatic rings. The molecule has 0 aromatic carbocycles. The van der Waals surface area contributed by atoms with Crippen LogP contribution >= 0.6 is 0 Å². The molecular formula is C51H98O6. The third-order valence-electron chi connectivity index (χ3n) is 11.9. The maximum Gasteiger partial charge on any atom is 0.306 e. The zero-order valence-electron chi connectivity index (χ0n) is 38.8. The summed E-state index contributed by atoms with van der Waals surface area (Å²) in [5.41, 5.74) is 0. The molecule has 0 N–H and O–H groups in total. The van der Waals surface area contributed by atoms with Crippen LogP contribution in [0, 0.1) is 5.92 Å². The fourth-order valence-electron chi connectivity index (χ4n) is 7.66. The minimum absolute atomic E-state index is 0.0632. The molecule has 0 saturated carbocycles. The van der Waals surface area contributed by atoms with Gasteiger partial charge in [-0.05, 0) is 25.2 Å². The van der Waals surface area contributed by atoms with E-state index in [1.807, 2.05) is 0 Å². The van der Waals surface area contributed by atoms with Gasteiger partial charge >= 0.3 is 17.9 Å². The highest BCUT2D eigenvalue weighted by Crippen LogP contribution is 2.17. The van der Waals surface area contributed by atoms with E-state index in [0.29, 0.717) is 19.3 Å². The summed E-state index contributed by atoms with van der Waals surface area (Å²) in [6, 6.07) is 0. The van der Waals surface area contributed by atoms with Gasteiger partial charge in [0.1, 0.15) is 13.2 Å². The molecule has 0 spiro atoms. The zero-order chi connectivity index (χ0) is 41.7. The Labute approximate surface area is 355 Å². The van der Waals surface area contributed by atoms with E-state index in [0.717, 1.165) is 63.7 Å². The van der Waals surface area contributed by atoms with E-state index in [9.17, 15) is 14.4 Å². The summed E-state index contributed by atoms with van der Waals surface area (Å²) in [6.45, 7) is 9.04. The Hall–Kier alpha value is -1.59. The summed E-state index contributed by atoms with van der Waals surface area (Å²) in [4.78, 5) is 37.9. The quantitative estimate of drug-likeness (QED) is 0.0346. The largest absolute Gasteiger partial charge is 0.462 e. The van der Waals surface area contributed by atoms with Crippen LogP contribution in [-0.2, 0) is 28.6 Å². The molecule has 2 atom stereocenters. The Morgan fingerprint density at radius 3 is 0.912 bits per heavy atom. The fraction of sp³-hybridized carbons (Fsp3) is 0.941. The van der Waals surface area contributed by atoms with E-state index in [-0.39, 0.29) is 31.1 Å². The van der Waals surface area contributed by atoms with Crippen LogP contribution in [0.15, 0.2) is 0 Å². The lowest BCUT2D eigenvalue weighted by atomic mass is 9.99. The molecule has 57 heavy (non-hydrogen) atoms. The first-order valence-electron chi connectivity index (χ1n) is 25.4. The monoisotopic (exact) mass is 807 g/mol. The van der Waals surface area contributed by atoms with Crippen LogP contribution in [0.1, 0.15) is 285 Å². The number of ether oxygens (including phenoxy) is 3. The standard InChI is InChI=1S/C51H98O6/c1-5-8-10-12-14-16-18-19-20-21-22-28-32-36-40-44-51(54)57-48(45-55-49(52)42-38-34-30-26-17-15-13-11-9-6-2)46-56-50(53)43-39-35-31-27-24-23-25-29-33-37-41-47(4)7-3/h47-48H,5-46H2,1-4H3/t47?,48-/m1/s1. The molecule has 0 bridgehead atoms. The minimum Gasteiger partial charge on any atom is -0.462 e. The average Bonchev–Trinajstić information content (AvgIpc) is 3.21. The van der Waals surface area contributed by atoms with Crippen molar-refractivity contribution < 1.29 is 28.6 Å². The summed E-state index contributed by atoms with van der Waals surface area (Å²) in [7, 11) is 0. The molecule has 0 saturated heterocycles. The van der Waals surface area contributed by atoms with E-state index < -0.39 is 6.10 Å². The highest BCUT2D eigenvalue weighted by Gasteiger charge is 2.19. The third kappa shape index (κ3) is 43.8. The van der Waals surface area contributed by atoms with Gasteiger partial charge in [-0.15, -0.1) is 0 Å². The van der Waals surface area contributed by atoms with Crippen LogP contribution < -0.4 is 0 Å². The smallest absolute Gasteiger partial charge is 0.306 e. The Kier molecular flexibility index (Phi) is 44.2. The minimum atomic E-state index is -0.760. The molecule has 0 aromatic heterocycles. The Morgan fingerprint density at radius 2 is 0.614 bits per heavy atom. The van der Waals surface area contributed by atoms with Crippen molar-refractivity contribution in [3.05, 3.63) is 0 Å². The first-order valence-corrected chi connectivity index (χ1v) is 25.4. The molecule has 6 nitrogen and oxygen atoms in total. The van der Waals surface area contributed by atoms with Crippen LogP contribution in [0.25, 0.3) is 0 Å². The van der Waals surface area contributed by atoms with Gasteiger partial charge in [0.25, 0.3) is 0 Å². The van der Waals surface area contributed by atoms with Gasteiger partial charge in [-0.3, -0.25) is 14.4 Å². The predicted molar refractivity (Wildman–Crippen MR) is 243 cm³/mol. The molecule has 0 aliphatic heterocycles. The van der Waals surface area contributed by atoms with Crippen molar-refractivity contribution in [3.63, 3.8) is 0 Å². The van der Waals surface area contributed by atoms with E-state index in [1.165, 1.54) is 180 Å². The third-order valence-corrected chi connectivity index (χ3v) is 11.9. The topological polar surface area (TPSA) is 78.9 Å². The van der Waals surface area contributed by atoms with E-state index >= 15 is 0 Å². The molecule has 0 aliphatic carbocycles. The van der Waals surface area contributed by atoms with Gasteiger partial charge in [0.05, 0.1) is 0 Å². The summed E-state index contributed by atoms with van der Waals surface area (Å²) < 4.78 is 16.8. The second kappa shape index (κ2) is 45.5. The number of esters is 3. The van der Waals surface area contributed by atoms with Crippen molar-refractivity contribution in [1.82, 2.24) is 0 Å². The van der Waals surface area contributed by atoms with Crippen molar-refractivity contribution in [2.75, 3.05) is 13.2 Å². The van der Waals surface area contributed by atoms with Crippen LogP contribution in [0.3, 0.4) is 0 Å². The number of rotatable bonds is 46. The number of carbonyl (C=O) groups is 3. The van der Waals surface area contributed by atoms with Gasteiger partial charge in [0.15, 0.2) is 6.10 Å². The van der Waals surface area contributed by atoms with Crippen molar-refractivity contribution in [2.45, 2.75) is 291 Å². The molecule has 0 fully saturated rings. The van der Waals surface area contributed by atoms with E-state index in [1.54, 1.807) is 0 Å². The molecule has 0 radical (unpaired) electrons. The first-order chi connectivity index (χ1) is 27.9. The molecular weight excluding hydrogens is 709 g/mol. The molecule has 0 heterocycles. The van der Waals surface area contributed by atoms with E-state index in [4.69, 9.17) is 14.2 Å². The lowest BCUT2D eigenvalue weighted by molar-refractivity contribution is -0.167. The van der Waals surface area contributed by atoms with Gasteiger partial charge in [0, 0.05) is 19.3 Å². The molecule has 0 rings (SSSR count). The summed E-state index contributed by atoms with van der Waals surface area (Å²) in [5.74, 6) is 0.0226. The Bertz CT molecular complexity index is 859. The van der Waals surface area contributed by atoms with Gasteiger partial charge < -0.3 is 14.2 Å². The summed E-state index contributed by atoms with van der Waals surface area (Å²) in [5, 5.41) is 0. The second-order valence-corrected chi connectivity index (χ2v) is 17.7. The summed E-state index contributed by atoms with van der Waals surface area (Å²) >= 11 is 0. The lowest BCUT2D eigenvalue weighted by Crippen LogP contribution is -2.30. The fourth-order valence-corrected chi connectivity index (χ4v) is 7.66.